The van der Waals surface area contributed by atoms with Gasteiger partial charge in [0.1, 0.15) is 12.4 Å². The predicted molar refractivity (Wildman–Crippen MR) is 137 cm³/mol. The quantitative estimate of drug-likeness (QED) is 0.471. The Hall–Kier alpha value is -3.22. The largest absolute Gasteiger partial charge is 0.479 e. The van der Waals surface area contributed by atoms with Crippen LogP contribution in [0.4, 0.5) is 8.78 Å². The van der Waals surface area contributed by atoms with Gasteiger partial charge in [0.2, 0.25) is 0 Å². The third-order valence-electron chi connectivity index (χ3n) is 6.88. The summed E-state index contributed by atoms with van der Waals surface area (Å²) in [6, 6.07) is 6.59. The van der Waals surface area contributed by atoms with Crippen molar-refractivity contribution in [2.45, 2.75) is 37.0 Å². The van der Waals surface area contributed by atoms with E-state index < -0.39 is 17.2 Å². The van der Waals surface area contributed by atoms with Gasteiger partial charge >= 0.3 is 0 Å². The van der Waals surface area contributed by atoms with Crippen molar-refractivity contribution in [2.75, 3.05) is 20.3 Å². The minimum absolute atomic E-state index is 0.0143. The molecule has 3 atom stereocenters. The molecule has 36 heavy (non-hydrogen) atoms. The van der Waals surface area contributed by atoms with Crippen LogP contribution in [0.1, 0.15) is 37.1 Å². The number of benzene rings is 1. The van der Waals surface area contributed by atoms with Crippen molar-refractivity contribution < 1.29 is 18.3 Å². The number of nitrogens with two attached hydrogens (primary N) is 1. The molecule has 2 N–H and O–H groups in total. The first-order valence-corrected chi connectivity index (χ1v) is 12.4. The number of methoxy groups -OCH3 is 1. The Kier molecular flexibility index (Phi) is 6.35. The second-order valence-corrected chi connectivity index (χ2v) is 10.7. The highest BCUT2D eigenvalue weighted by Crippen LogP contribution is 2.66. The van der Waals surface area contributed by atoms with Crippen LogP contribution in [0, 0.1) is 29.4 Å². The number of fused-ring (bicyclic) bond motifs is 2. The molecule has 1 saturated carbocycles. The zero-order valence-electron chi connectivity index (χ0n) is 20.3. The summed E-state index contributed by atoms with van der Waals surface area (Å²) in [5.41, 5.74) is 7.25. The predicted octanol–water partition coefficient (Wildman–Crippen LogP) is 4.58. The van der Waals surface area contributed by atoms with Crippen LogP contribution in [0.5, 0.6) is 5.75 Å². The Labute approximate surface area is 212 Å². The van der Waals surface area contributed by atoms with Crippen LogP contribution < -0.4 is 10.5 Å². The van der Waals surface area contributed by atoms with E-state index in [1.54, 1.807) is 32.5 Å². The normalized spacial score (nSPS) is 24.5. The smallest absolute Gasteiger partial charge is 0.164 e. The molecule has 0 bridgehead atoms. The maximum atomic E-state index is 15.2. The van der Waals surface area contributed by atoms with E-state index in [-0.39, 0.29) is 29.3 Å². The van der Waals surface area contributed by atoms with E-state index in [4.69, 9.17) is 15.2 Å². The molecule has 5 rings (SSSR count). The van der Waals surface area contributed by atoms with E-state index in [1.807, 2.05) is 19.1 Å². The zero-order chi connectivity index (χ0) is 25.5. The van der Waals surface area contributed by atoms with Gasteiger partial charge in [-0.1, -0.05) is 17.7 Å². The topological polar surface area (TPSA) is 82.6 Å². The molecule has 2 aliphatic rings. The lowest BCUT2D eigenvalue weighted by molar-refractivity contribution is 0.184. The number of ether oxygens (including phenoxy) is 2. The summed E-state index contributed by atoms with van der Waals surface area (Å²) in [6.45, 7) is 4.32. The number of pyridine rings is 2. The second kappa shape index (κ2) is 9.34. The van der Waals surface area contributed by atoms with Crippen molar-refractivity contribution in [1.29, 1.82) is 0 Å². The molecule has 0 saturated heterocycles. The molecule has 1 aliphatic heterocycles. The van der Waals surface area contributed by atoms with Gasteiger partial charge in [-0.05, 0) is 50.1 Å². The minimum atomic E-state index is -0.993. The first kappa shape index (κ1) is 24.5. The molecule has 0 radical (unpaired) electrons. The third-order valence-corrected chi connectivity index (χ3v) is 8.16. The van der Waals surface area contributed by atoms with Gasteiger partial charge in [0.25, 0.3) is 0 Å². The number of amidine groups is 1. The number of halogens is 2. The van der Waals surface area contributed by atoms with Gasteiger partial charge in [-0.3, -0.25) is 15.0 Å². The van der Waals surface area contributed by atoms with Gasteiger partial charge in [0.15, 0.2) is 16.8 Å². The maximum absolute atomic E-state index is 15.2. The fourth-order valence-corrected chi connectivity index (χ4v) is 6.59. The average molecular weight is 509 g/mol. The highest BCUT2D eigenvalue weighted by atomic mass is 32.2. The summed E-state index contributed by atoms with van der Waals surface area (Å²) in [6.07, 6.45) is 4.32. The van der Waals surface area contributed by atoms with Crippen molar-refractivity contribution >= 4 is 27.8 Å². The fourth-order valence-electron chi connectivity index (χ4n) is 5.14. The van der Waals surface area contributed by atoms with Crippen LogP contribution >= 0.6 is 11.8 Å². The van der Waals surface area contributed by atoms with Crippen LogP contribution in [-0.4, -0.2) is 40.2 Å². The van der Waals surface area contributed by atoms with Gasteiger partial charge in [-0.25, -0.2) is 8.78 Å². The summed E-state index contributed by atoms with van der Waals surface area (Å²) in [4.78, 5) is 13.6. The lowest BCUT2D eigenvalue weighted by Gasteiger charge is -2.34. The molecule has 186 valence electrons. The van der Waals surface area contributed by atoms with Crippen LogP contribution in [0.2, 0.25) is 0 Å². The molecule has 2 aromatic heterocycles. The summed E-state index contributed by atoms with van der Waals surface area (Å²) in [5, 5.41) is 1.19. The number of thioether (sulfide) groups is 1. The van der Waals surface area contributed by atoms with Crippen molar-refractivity contribution in [3.8, 4) is 17.6 Å². The number of aliphatic imine (C=N–C) groups is 1. The van der Waals surface area contributed by atoms with Gasteiger partial charge in [0, 0.05) is 36.6 Å². The number of hydrogen-bond acceptors (Lipinski definition) is 7. The molecule has 1 aromatic carbocycles. The Morgan fingerprint density at radius 3 is 2.86 bits per heavy atom. The van der Waals surface area contributed by atoms with Crippen molar-refractivity contribution in [3.05, 3.63) is 65.1 Å². The van der Waals surface area contributed by atoms with Crippen LogP contribution in [0.25, 0.3) is 10.9 Å². The van der Waals surface area contributed by atoms with E-state index in [1.165, 1.54) is 17.8 Å². The highest BCUT2D eigenvalue weighted by molar-refractivity contribution is 8.15. The third kappa shape index (κ3) is 4.29. The lowest BCUT2D eigenvalue weighted by Crippen LogP contribution is -2.38. The minimum Gasteiger partial charge on any atom is -0.479 e. The molecule has 3 heterocycles. The van der Waals surface area contributed by atoms with Crippen molar-refractivity contribution in [3.63, 3.8) is 0 Å². The van der Waals surface area contributed by atoms with E-state index in [0.29, 0.717) is 34.3 Å². The Morgan fingerprint density at radius 1 is 1.25 bits per heavy atom. The first-order valence-electron chi connectivity index (χ1n) is 11.6. The molecule has 1 aliphatic carbocycles. The summed E-state index contributed by atoms with van der Waals surface area (Å²) < 4.78 is 40.9. The van der Waals surface area contributed by atoms with Gasteiger partial charge < -0.3 is 15.2 Å². The highest BCUT2D eigenvalue weighted by Gasteiger charge is 2.66. The van der Waals surface area contributed by atoms with Gasteiger partial charge in [-0.15, -0.1) is 5.92 Å². The number of aromatic nitrogens is 2. The summed E-state index contributed by atoms with van der Waals surface area (Å²) in [5.74, 6) is 4.39. The molecule has 6 nitrogen and oxygen atoms in total. The van der Waals surface area contributed by atoms with E-state index in [2.05, 4.69) is 26.8 Å². The van der Waals surface area contributed by atoms with Crippen LogP contribution in [0.3, 0.4) is 0 Å². The molecule has 0 unspecified atom stereocenters. The SMILES string of the molecule is CC#CCOc1cnc2c(Cc3cc(F)c(F)c([C@@]4(C)N=C(N)S[C@@]5(COC)C[C@H]54)c3)nccc2c1. The monoisotopic (exact) mass is 508 g/mol. The molecule has 3 aromatic rings. The van der Waals surface area contributed by atoms with Crippen molar-refractivity contribution in [2.24, 2.45) is 16.6 Å². The summed E-state index contributed by atoms with van der Waals surface area (Å²) in [7, 11) is 1.63. The molecular formula is C27H26F2N4O2S. The average Bonchev–Trinajstić information content (AvgIpc) is 3.56. The van der Waals surface area contributed by atoms with Crippen LogP contribution in [-0.2, 0) is 16.7 Å². The number of rotatable bonds is 7. The molecule has 0 amide bonds. The first-order chi connectivity index (χ1) is 17.3. The number of hydrogen-bond donors (Lipinski definition) is 1. The molecule has 9 heteroatoms. The molecule has 0 spiro atoms. The molecule has 1 fully saturated rings. The van der Waals surface area contributed by atoms with E-state index in [9.17, 15) is 4.39 Å². The summed E-state index contributed by atoms with van der Waals surface area (Å²) >= 11 is 1.46. The second-order valence-electron chi connectivity index (χ2n) is 9.29. The van der Waals surface area contributed by atoms with E-state index in [0.717, 1.165) is 11.8 Å². The maximum Gasteiger partial charge on any atom is 0.164 e. The molecular weight excluding hydrogens is 482 g/mol. The lowest BCUT2D eigenvalue weighted by atomic mass is 9.84. The van der Waals surface area contributed by atoms with Gasteiger partial charge in [0.05, 0.1) is 34.3 Å². The number of nitrogens with zero attached hydrogens (tertiary/aromatic N) is 3. The fraction of sp³-hybridized carbons (Fsp3) is 0.370. The van der Waals surface area contributed by atoms with Crippen LogP contribution in [0.15, 0.2) is 41.7 Å². The Balaban J connectivity index is 1.50. The van der Waals surface area contributed by atoms with Crippen molar-refractivity contribution in [1.82, 2.24) is 9.97 Å². The van der Waals surface area contributed by atoms with E-state index >= 15 is 4.39 Å². The Bertz CT molecular complexity index is 1440. The van der Waals surface area contributed by atoms with Gasteiger partial charge in [-0.2, -0.15) is 0 Å². The standard InChI is InChI=1S/C27H26F2N4O2S/c1-4-5-8-35-18-12-17-6-7-31-21(24(17)32-14-18)11-16-9-19(23(29)20(28)10-16)26(2)22-13-27(22,15-34-3)36-25(30)33-26/h6-7,9-10,12,14,22H,8,11,13,15H2,1-3H3,(H2,30,33)/t22-,26+,27+/m0/s1. The Morgan fingerprint density at radius 2 is 2.08 bits per heavy atom. The zero-order valence-corrected chi connectivity index (χ0v) is 21.1.